The predicted molar refractivity (Wildman–Crippen MR) is 51.0 cm³/mol. The Kier molecular flexibility index (Phi) is 9.53. The summed E-state index contributed by atoms with van der Waals surface area (Å²) >= 11 is 5.27. The topological polar surface area (TPSA) is 47.6 Å². The zero-order valence-electron chi connectivity index (χ0n) is 7.85. The van der Waals surface area contributed by atoms with Gasteiger partial charge in [-0.3, -0.25) is 4.79 Å². The third kappa shape index (κ3) is 9.60. The van der Waals surface area contributed by atoms with Crippen molar-refractivity contribution in [1.82, 2.24) is 5.32 Å². The van der Waals surface area contributed by atoms with Crippen LogP contribution < -0.4 is 5.32 Å². The number of carbonyl (C=O) groups excluding carboxylic acids is 1. The number of methoxy groups -OCH3 is 1. The van der Waals surface area contributed by atoms with Crippen molar-refractivity contribution >= 4 is 17.5 Å². The van der Waals surface area contributed by atoms with Crippen LogP contribution in [0.25, 0.3) is 0 Å². The molecule has 0 spiro atoms. The summed E-state index contributed by atoms with van der Waals surface area (Å²) in [7, 11) is 1.63. The summed E-state index contributed by atoms with van der Waals surface area (Å²) in [5.74, 6) is -0.122. The Morgan fingerprint density at radius 1 is 1.38 bits per heavy atom. The molecule has 13 heavy (non-hydrogen) atoms. The summed E-state index contributed by atoms with van der Waals surface area (Å²) in [6, 6.07) is 0. The second kappa shape index (κ2) is 9.77. The Morgan fingerprint density at radius 3 is 2.77 bits per heavy atom. The minimum absolute atomic E-state index is 0.0184. The molecule has 0 saturated heterocycles. The quantitative estimate of drug-likeness (QED) is 0.465. The summed E-state index contributed by atoms with van der Waals surface area (Å²) in [5, 5.41) is 2.64. The van der Waals surface area contributed by atoms with Gasteiger partial charge in [0.05, 0.1) is 13.2 Å². The molecule has 0 rings (SSSR count). The summed E-state index contributed by atoms with van der Waals surface area (Å²) in [6.45, 7) is 2.44. The highest BCUT2D eigenvalue weighted by atomic mass is 35.5. The summed E-state index contributed by atoms with van der Waals surface area (Å²) in [4.78, 5) is 10.6. The van der Waals surface area contributed by atoms with Crippen molar-refractivity contribution in [2.24, 2.45) is 0 Å². The molecule has 0 saturated carbocycles. The van der Waals surface area contributed by atoms with Gasteiger partial charge in [0.2, 0.25) is 5.91 Å². The first-order valence-electron chi connectivity index (χ1n) is 4.20. The molecule has 1 N–H and O–H groups in total. The lowest BCUT2D eigenvalue weighted by atomic mass is 10.4. The molecule has 0 aliphatic carbocycles. The van der Waals surface area contributed by atoms with Gasteiger partial charge in [-0.05, 0) is 6.42 Å². The molecule has 0 aromatic carbocycles. The lowest BCUT2D eigenvalue weighted by Crippen LogP contribution is -2.26. The molecule has 0 aromatic heterocycles. The van der Waals surface area contributed by atoms with Gasteiger partial charge in [0, 0.05) is 20.3 Å². The smallest absolute Gasteiger partial charge is 0.234 e. The van der Waals surface area contributed by atoms with Crippen molar-refractivity contribution < 1.29 is 14.3 Å². The maximum absolute atomic E-state index is 10.6. The van der Waals surface area contributed by atoms with Gasteiger partial charge in [-0.15, -0.1) is 11.6 Å². The first-order valence-corrected chi connectivity index (χ1v) is 4.74. The van der Waals surface area contributed by atoms with E-state index in [4.69, 9.17) is 21.1 Å². The number of rotatable bonds is 8. The molecule has 0 heterocycles. The lowest BCUT2D eigenvalue weighted by Gasteiger charge is -2.04. The van der Waals surface area contributed by atoms with Crippen molar-refractivity contribution in [2.45, 2.75) is 6.42 Å². The molecule has 0 fully saturated rings. The monoisotopic (exact) mass is 209 g/mol. The molecule has 0 atom stereocenters. The molecular weight excluding hydrogens is 194 g/mol. The van der Waals surface area contributed by atoms with Gasteiger partial charge < -0.3 is 14.8 Å². The molecule has 5 heteroatoms. The summed E-state index contributed by atoms with van der Waals surface area (Å²) < 4.78 is 9.97. The average molecular weight is 210 g/mol. The van der Waals surface area contributed by atoms with Gasteiger partial charge in [-0.1, -0.05) is 0 Å². The van der Waals surface area contributed by atoms with Crippen LogP contribution in [0.1, 0.15) is 6.42 Å². The number of halogens is 1. The van der Waals surface area contributed by atoms with Crippen LogP contribution in [0.5, 0.6) is 0 Å². The van der Waals surface area contributed by atoms with Gasteiger partial charge >= 0.3 is 0 Å². The van der Waals surface area contributed by atoms with Crippen LogP contribution in [0.3, 0.4) is 0 Å². The van der Waals surface area contributed by atoms with Gasteiger partial charge in [0.25, 0.3) is 0 Å². The van der Waals surface area contributed by atoms with Crippen LogP contribution >= 0.6 is 11.6 Å². The zero-order valence-corrected chi connectivity index (χ0v) is 8.60. The maximum Gasteiger partial charge on any atom is 0.234 e. The average Bonchev–Trinajstić information content (AvgIpc) is 2.16. The van der Waals surface area contributed by atoms with E-state index in [9.17, 15) is 4.79 Å². The molecule has 0 unspecified atom stereocenters. The van der Waals surface area contributed by atoms with E-state index < -0.39 is 0 Å². The third-order valence-electron chi connectivity index (χ3n) is 1.34. The summed E-state index contributed by atoms with van der Waals surface area (Å²) in [6.07, 6.45) is 0.798. The van der Waals surface area contributed by atoms with Crippen molar-refractivity contribution in [1.29, 1.82) is 0 Å². The normalized spacial score (nSPS) is 10.0. The van der Waals surface area contributed by atoms with Crippen molar-refractivity contribution in [3.8, 4) is 0 Å². The highest BCUT2D eigenvalue weighted by molar-refractivity contribution is 6.27. The Bertz CT molecular complexity index is 133. The van der Waals surface area contributed by atoms with E-state index in [-0.39, 0.29) is 11.8 Å². The minimum atomic E-state index is -0.140. The van der Waals surface area contributed by atoms with E-state index >= 15 is 0 Å². The van der Waals surface area contributed by atoms with Crippen LogP contribution in [0, 0.1) is 0 Å². The fourth-order valence-electron chi connectivity index (χ4n) is 0.694. The molecule has 0 aromatic rings. The van der Waals surface area contributed by atoms with Crippen LogP contribution in [0.4, 0.5) is 0 Å². The molecule has 0 aliphatic rings. The largest absolute Gasteiger partial charge is 0.382 e. The number of ether oxygens (including phenoxy) is 2. The predicted octanol–water partition coefficient (Wildman–Crippen LogP) is 0.394. The van der Waals surface area contributed by atoms with E-state index in [0.29, 0.717) is 26.4 Å². The second-order valence-corrected chi connectivity index (χ2v) is 2.71. The highest BCUT2D eigenvalue weighted by Crippen LogP contribution is 1.82. The Labute approximate surface area is 83.5 Å². The standard InChI is InChI=1S/C8H16ClNO3/c1-12-5-6-13-4-2-3-10-8(11)7-9/h2-7H2,1H3,(H,10,11). The second-order valence-electron chi connectivity index (χ2n) is 2.44. The van der Waals surface area contributed by atoms with Crippen molar-refractivity contribution in [3.05, 3.63) is 0 Å². The van der Waals surface area contributed by atoms with Gasteiger partial charge in [0.1, 0.15) is 5.88 Å². The molecule has 4 nitrogen and oxygen atoms in total. The zero-order chi connectivity index (χ0) is 9.94. The van der Waals surface area contributed by atoms with Gasteiger partial charge in [-0.2, -0.15) is 0 Å². The maximum atomic E-state index is 10.6. The minimum Gasteiger partial charge on any atom is -0.382 e. The summed E-state index contributed by atoms with van der Waals surface area (Å²) in [5.41, 5.74) is 0. The third-order valence-corrected chi connectivity index (χ3v) is 1.58. The first kappa shape index (κ1) is 12.7. The number of carbonyl (C=O) groups is 1. The highest BCUT2D eigenvalue weighted by Gasteiger charge is 1.95. The molecular formula is C8H16ClNO3. The number of alkyl halides is 1. The van der Waals surface area contributed by atoms with Gasteiger partial charge in [0.15, 0.2) is 0 Å². The van der Waals surface area contributed by atoms with Crippen LogP contribution in [0.2, 0.25) is 0 Å². The van der Waals surface area contributed by atoms with Crippen LogP contribution in [0.15, 0.2) is 0 Å². The first-order chi connectivity index (χ1) is 6.31. The van der Waals surface area contributed by atoms with E-state index in [1.807, 2.05) is 0 Å². The Hall–Kier alpha value is -0.320. The molecule has 0 bridgehead atoms. The number of hydrogen-bond acceptors (Lipinski definition) is 3. The number of amides is 1. The Morgan fingerprint density at radius 2 is 2.15 bits per heavy atom. The van der Waals surface area contributed by atoms with Crippen molar-refractivity contribution in [3.63, 3.8) is 0 Å². The SMILES string of the molecule is COCCOCCCNC(=O)CCl. The van der Waals surface area contributed by atoms with Crippen molar-refractivity contribution in [2.75, 3.05) is 39.4 Å². The fourth-order valence-corrected chi connectivity index (χ4v) is 0.788. The molecule has 0 radical (unpaired) electrons. The Balaban J connectivity index is 2.95. The van der Waals surface area contributed by atoms with E-state index in [1.54, 1.807) is 7.11 Å². The van der Waals surface area contributed by atoms with E-state index in [1.165, 1.54) is 0 Å². The van der Waals surface area contributed by atoms with E-state index in [2.05, 4.69) is 5.32 Å². The number of nitrogens with one attached hydrogen (secondary N) is 1. The molecule has 78 valence electrons. The fraction of sp³-hybridized carbons (Fsp3) is 0.875. The number of hydrogen-bond donors (Lipinski definition) is 1. The molecule has 1 amide bonds. The van der Waals surface area contributed by atoms with Gasteiger partial charge in [-0.25, -0.2) is 0 Å². The van der Waals surface area contributed by atoms with Crippen LogP contribution in [-0.4, -0.2) is 45.3 Å². The molecule has 0 aliphatic heterocycles. The lowest BCUT2D eigenvalue weighted by molar-refractivity contribution is -0.118. The van der Waals surface area contributed by atoms with Crippen LogP contribution in [-0.2, 0) is 14.3 Å². The van der Waals surface area contributed by atoms with E-state index in [0.717, 1.165) is 6.42 Å².